The summed E-state index contributed by atoms with van der Waals surface area (Å²) in [6, 6.07) is 8.17. The van der Waals surface area contributed by atoms with E-state index in [1.54, 1.807) is 24.3 Å². The smallest absolute Gasteiger partial charge is 0.199 e. The van der Waals surface area contributed by atoms with Gasteiger partial charge in [-0.3, -0.25) is 4.79 Å². The van der Waals surface area contributed by atoms with Gasteiger partial charge in [0, 0.05) is 23.6 Å². The predicted octanol–water partition coefficient (Wildman–Crippen LogP) is 3.90. The van der Waals surface area contributed by atoms with Gasteiger partial charge in [-0.05, 0) is 44.4 Å². The fourth-order valence-corrected chi connectivity index (χ4v) is 3.41. The Morgan fingerprint density at radius 2 is 1.88 bits per heavy atom. The zero-order chi connectivity index (χ0) is 18.5. The van der Waals surface area contributed by atoms with Crippen LogP contribution in [0.5, 0.6) is 17.2 Å². The molecule has 0 saturated carbocycles. The van der Waals surface area contributed by atoms with Gasteiger partial charge in [0.2, 0.25) is 0 Å². The maximum absolute atomic E-state index is 12.9. The Kier molecular flexibility index (Phi) is 3.68. The molecule has 4 rings (SSSR count). The molecule has 26 heavy (non-hydrogen) atoms. The van der Waals surface area contributed by atoms with Gasteiger partial charge in [-0.1, -0.05) is 12.1 Å². The highest BCUT2D eigenvalue weighted by Crippen LogP contribution is 2.40. The highest BCUT2D eigenvalue weighted by atomic mass is 16.5. The number of hydrogen-bond acceptors (Lipinski definition) is 5. The maximum Gasteiger partial charge on any atom is 0.199 e. The molecular weight excluding hydrogens is 332 g/mol. The molecule has 5 heteroatoms. The highest BCUT2D eigenvalue weighted by Gasteiger charge is 2.30. The summed E-state index contributed by atoms with van der Waals surface area (Å²) >= 11 is 0. The summed E-state index contributed by atoms with van der Waals surface area (Å²) in [6.07, 6.45) is 3.34. The number of aromatic hydroxyl groups is 2. The zero-order valence-electron chi connectivity index (χ0n) is 14.7. The minimum absolute atomic E-state index is 0.127. The van der Waals surface area contributed by atoms with Crippen molar-refractivity contribution in [3.63, 3.8) is 0 Å². The quantitative estimate of drug-likeness (QED) is 0.731. The molecule has 2 N–H and O–H groups in total. The van der Waals surface area contributed by atoms with E-state index < -0.39 is 0 Å². The fraction of sp³-hybridized carbons (Fsp3) is 0.286. The molecule has 0 atom stereocenters. The molecule has 0 unspecified atom stereocenters. The lowest BCUT2D eigenvalue weighted by atomic mass is 9.92. The molecule has 0 fully saturated rings. The molecule has 0 aliphatic carbocycles. The summed E-state index contributed by atoms with van der Waals surface area (Å²) in [4.78, 5) is 12.9. The van der Waals surface area contributed by atoms with Crippen molar-refractivity contribution in [2.45, 2.75) is 38.7 Å². The average molecular weight is 352 g/mol. The zero-order valence-corrected chi connectivity index (χ0v) is 14.7. The van der Waals surface area contributed by atoms with E-state index in [1.807, 2.05) is 13.8 Å². The van der Waals surface area contributed by atoms with Gasteiger partial charge >= 0.3 is 0 Å². The minimum atomic E-state index is -0.313. The number of aryl methyl sites for hydroxylation is 1. The second-order valence-corrected chi connectivity index (χ2v) is 7.37. The maximum atomic E-state index is 12.9. The Morgan fingerprint density at radius 3 is 2.62 bits per heavy atom. The predicted molar refractivity (Wildman–Crippen MR) is 98.1 cm³/mol. The van der Waals surface area contributed by atoms with Crippen LogP contribution in [0, 0.1) is 0 Å². The fourth-order valence-electron chi connectivity index (χ4n) is 3.41. The van der Waals surface area contributed by atoms with E-state index in [0.29, 0.717) is 23.3 Å². The van der Waals surface area contributed by atoms with E-state index in [1.165, 1.54) is 12.3 Å². The molecule has 0 spiro atoms. The van der Waals surface area contributed by atoms with Crippen LogP contribution < -0.4 is 10.2 Å². The molecule has 2 aromatic carbocycles. The standard InChI is InChI=1S/C21H20O5/c1-21(2)8-7-15-17(26-21)10-16(23)18-19(24)13(11-25-20(15)18)9-12-3-5-14(22)6-4-12/h3-6,10-11,22-23H,7-9H2,1-2H3. The van der Waals surface area contributed by atoms with Crippen LogP contribution in [-0.4, -0.2) is 15.8 Å². The first-order valence-electron chi connectivity index (χ1n) is 8.60. The molecule has 2 heterocycles. The van der Waals surface area contributed by atoms with Gasteiger partial charge in [0.05, 0.1) is 6.26 Å². The molecule has 1 aliphatic heterocycles. The monoisotopic (exact) mass is 352 g/mol. The summed E-state index contributed by atoms with van der Waals surface area (Å²) in [6.45, 7) is 3.99. The molecule has 1 aromatic heterocycles. The third-order valence-corrected chi connectivity index (χ3v) is 4.85. The summed E-state index contributed by atoms with van der Waals surface area (Å²) in [5.41, 5.74) is 1.99. The van der Waals surface area contributed by atoms with E-state index in [0.717, 1.165) is 24.0 Å². The second kappa shape index (κ2) is 5.80. The third kappa shape index (κ3) is 2.79. The molecule has 0 amide bonds. The number of fused-ring (bicyclic) bond motifs is 3. The Bertz CT molecular complexity index is 1040. The Balaban J connectivity index is 1.82. The van der Waals surface area contributed by atoms with Crippen molar-refractivity contribution < 1.29 is 19.4 Å². The highest BCUT2D eigenvalue weighted by molar-refractivity contribution is 5.88. The van der Waals surface area contributed by atoms with E-state index in [-0.39, 0.29) is 27.9 Å². The van der Waals surface area contributed by atoms with Crippen molar-refractivity contribution in [2.75, 3.05) is 0 Å². The topological polar surface area (TPSA) is 79.9 Å². The minimum Gasteiger partial charge on any atom is -0.508 e. The van der Waals surface area contributed by atoms with E-state index >= 15 is 0 Å². The number of benzene rings is 2. The van der Waals surface area contributed by atoms with Crippen LogP contribution in [0.1, 0.15) is 37.0 Å². The number of phenols is 2. The van der Waals surface area contributed by atoms with Crippen molar-refractivity contribution >= 4 is 11.0 Å². The Morgan fingerprint density at radius 1 is 1.15 bits per heavy atom. The van der Waals surface area contributed by atoms with Gasteiger partial charge in [0.25, 0.3) is 0 Å². The van der Waals surface area contributed by atoms with Crippen LogP contribution in [0.15, 0.2) is 45.8 Å². The summed E-state index contributed by atoms with van der Waals surface area (Å²) in [5.74, 6) is 0.616. The summed E-state index contributed by atoms with van der Waals surface area (Å²) in [7, 11) is 0. The van der Waals surface area contributed by atoms with Crippen molar-refractivity contribution in [1.82, 2.24) is 0 Å². The van der Waals surface area contributed by atoms with Crippen molar-refractivity contribution in [2.24, 2.45) is 0 Å². The molecule has 5 nitrogen and oxygen atoms in total. The normalized spacial score (nSPS) is 15.5. The van der Waals surface area contributed by atoms with Gasteiger partial charge in [-0.2, -0.15) is 0 Å². The molecule has 1 aliphatic rings. The molecule has 0 bridgehead atoms. The second-order valence-electron chi connectivity index (χ2n) is 7.37. The Hall–Kier alpha value is -2.95. The number of rotatable bonds is 2. The molecule has 134 valence electrons. The first-order chi connectivity index (χ1) is 12.3. The largest absolute Gasteiger partial charge is 0.508 e. The Labute approximate surface area is 150 Å². The van der Waals surface area contributed by atoms with Crippen LogP contribution in [0.25, 0.3) is 11.0 Å². The molecule has 0 radical (unpaired) electrons. The molecular formula is C21H20O5. The summed E-state index contributed by atoms with van der Waals surface area (Å²) in [5, 5.41) is 20.0. The van der Waals surface area contributed by atoms with E-state index in [4.69, 9.17) is 9.15 Å². The number of phenolic OH excluding ortho intramolecular Hbond substituents is 2. The van der Waals surface area contributed by atoms with Crippen molar-refractivity contribution in [3.8, 4) is 17.2 Å². The van der Waals surface area contributed by atoms with E-state index in [2.05, 4.69) is 0 Å². The van der Waals surface area contributed by atoms with Crippen LogP contribution in [0.4, 0.5) is 0 Å². The first-order valence-corrected chi connectivity index (χ1v) is 8.60. The van der Waals surface area contributed by atoms with Crippen molar-refractivity contribution in [1.29, 1.82) is 0 Å². The van der Waals surface area contributed by atoms with Crippen LogP contribution in [0.3, 0.4) is 0 Å². The number of ether oxygens (including phenoxy) is 1. The van der Waals surface area contributed by atoms with Gasteiger partial charge < -0.3 is 19.4 Å². The van der Waals surface area contributed by atoms with Gasteiger partial charge in [-0.15, -0.1) is 0 Å². The van der Waals surface area contributed by atoms with Crippen LogP contribution in [0.2, 0.25) is 0 Å². The lowest BCUT2D eigenvalue weighted by Crippen LogP contribution is -2.32. The first kappa shape index (κ1) is 16.5. The lowest BCUT2D eigenvalue weighted by Gasteiger charge is -2.32. The van der Waals surface area contributed by atoms with Crippen molar-refractivity contribution in [3.05, 3.63) is 63.5 Å². The third-order valence-electron chi connectivity index (χ3n) is 4.85. The average Bonchev–Trinajstić information content (AvgIpc) is 2.58. The molecule has 3 aromatic rings. The SMILES string of the molecule is CC1(C)CCc2c(cc(O)c3c(=O)c(Cc4ccc(O)cc4)coc23)O1. The van der Waals surface area contributed by atoms with Crippen LogP contribution >= 0.6 is 0 Å². The lowest BCUT2D eigenvalue weighted by molar-refractivity contribution is 0.0846. The number of hydrogen-bond donors (Lipinski definition) is 2. The van der Waals surface area contributed by atoms with E-state index in [9.17, 15) is 15.0 Å². The van der Waals surface area contributed by atoms with Gasteiger partial charge in [0.15, 0.2) is 5.43 Å². The van der Waals surface area contributed by atoms with Gasteiger partial charge in [-0.25, -0.2) is 0 Å². The van der Waals surface area contributed by atoms with Gasteiger partial charge in [0.1, 0.15) is 33.8 Å². The molecule has 0 saturated heterocycles. The van der Waals surface area contributed by atoms with Crippen LogP contribution in [-0.2, 0) is 12.8 Å². The summed E-state index contributed by atoms with van der Waals surface area (Å²) < 4.78 is 11.7.